The largest absolute Gasteiger partial charge is 0.377 e. The predicted molar refractivity (Wildman–Crippen MR) is 72.7 cm³/mol. The first kappa shape index (κ1) is 11.9. The number of benzene rings is 1. The minimum Gasteiger partial charge on any atom is -0.377 e. The van der Waals surface area contributed by atoms with Gasteiger partial charge < -0.3 is 11.1 Å². The summed E-state index contributed by atoms with van der Waals surface area (Å²) in [6.45, 7) is 5.09. The molecular formula is C13H19BrN2. The van der Waals surface area contributed by atoms with Gasteiger partial charge in [-0.1, -0.05) is 13.0 Å². The lowest BCUT2D eigenvalue weighted by Gasteiger charge is -2.47. The van der Waals surface area contributed by atoms with E-state index in [0.717, 1.165) is 16.1 Å². The zero-order chi connectivity index (χ0) is 11.8. The maximum Gasteiger partial charge on any atom is 0.0501 e. The highest BCUT2D eigenvalue weighted by Crippen LogP contribution is 2.40. The maximum atomic E-state index is 5.89. The van der Waals surface area contributed by atoms with Gasteiger partial charge in [0.15, 0.2) is 0 Å². The second kappa shape index (κ2) is 4.38. The normalized spacial score (nSPS) is 28.6. The Labute approximate surface area is 106 Å². The van der Waals surface area contributed by atoms with Gasteiger partial charge in [0.1, 0.15) is 0 Å². The SMILES string of the molecule is Cc1ccc(Br)c(NC2(CN)CC(C)C2)c1. The number of nitrogens with one attached hydrogen (secondary N) is 1. The molecule has 88 valence electrons. The quantitative estimate of drug-likeness (QED) is 0.893. The first-order valence-electron chi connectivity index (χ1n) is 5.79. The first-order chi connectivity index (χ1) is 7.54. The van der Waals surface area contributed by atoms with Crippen molar-refractivity contribution in [3.63, 3.8) is 0 Å². The molecule has 1 saturated carbocycles. The fourth-order valence-electron chi connectivity index (χ4n) is 2.61. The Balaban J connectivity index is 2.16. The summed E-state index contributed by atoms with van der Waals surface area (Å²) in [4.78, 5) is 0. The van der Waals surface area contributed by atoms with E-state index >= 15 is 0 Å². The van der Waals surface area contributed by atoms with Crippen LogP contribution in [0.2, 0.25) is 0 Å². The Hall–Kier alpha value is -0.540. The zero-order valence-corrected chi connectivity index (χ0v) is 11.5. The van der Waals surface area contributed by atoms with Gasteiger partial charge in [0.2, 0.25) is 0 Å². The molecule has 1 fully saturated rings. The van der Waals surface area contributed by atoms with Crippen LogP contribution in [-0.2, 0) is 0 Å². The van der Waals surface area contributed by atoms with Crippen LogP contribution in [0.5, 0.6) is 0 Å². The highest BCUT2D eigenvalue weighted by molar-refractivity contribution is 9.10. The predicted octanol–water partition coefficient (Wildman–Crippen LogP) is 3.30. The van der Waals surface area contributed by atoms with Gasteiger partial charge in [0.05, 0.1) is 5.54 Å². The van der Waals surface area contributed by atoms with E-state index in [9.17, 15) is 0 Å². The van der Waals surface area contributed by atoms with Crippen LogP contribution in [0.3, 0.4) is 0 Å². The number of halogens is 1. The molecule has 0 bridgehead atoms. The van der Waals surface area contributed by atoms with Gasteiger partial charge in [-0.3, -0.25) is 0 Å². The lowest BCUT2D eigenvalue weighted by Crippen LogP contribution is -2.55. The summed E-state index contributed by atoms with van der Waals surface area (Å²) in [5.41, 5.74) is 8.44. The molecule has 0 aliphatic heterocycles. The van der Waals surface area contributed by atoms with Crippen molar-refractivity contribution in [2.75, 3.05) is 11.9 Å². The maximum absolute atomic E-state index is 5.89. The summed E-state index contributed by atoms with van der Waals surface area (Å²) >= 11 is 3.58. The van der Waals surface area contributed by atoms with Gasteiger partial charge >= 0.3 is 0 Å². The van der Waals surface area contributed by atoms with Crippen molar-refractivity contribution >= 4 is 21.6 Å². The standard InChI is InChI=1S/C13H19BrN2/c1-9-3-4-11(14)12(5-9)16-13(8-15)6-10(2)7-13/h3-5,10,16H,6-8,15H2,1-2H3. The van der Waals surface area contributed by atoms with Gasteiger partial charge in [0, 0.05) is 16.7 Å². The van der Waals surface area contributed by atoms with Crippen LogP contribution in [-0.4, -0.2) is 12.1 Å². The van der Waals surface area contributed by atoms with Crippen molar-refractivity contribution in [2.24, 2.45) is 11.7 Å². The molecule has 1 aromatic carbocycles. The second-order valence-corrected chi connectivity index (χ2v) is 5.96. The van der Waals surface area contributed by atoms with Gasteiger partial charge in [-0.15, -0.1) is 0 Å². The number of nitrogens with two attached hydrogens (primary N) is 1. The van der Waals surface area contributed by atoms with Gasteiger partial charge in [-0.2, -0.15) is 0 Å². The molecule has 0 saturated heterocycles. The molecule has 3 heteroatoms. The molecule has 1 aliphatic carbocycles. The Bertz CT molecular complexity index is 384. The highest BCUT2D eigenvalue weighted by atomic mass is 79.9. The molecule has 0 radical (unpaired) electrons. The summed E-state index contributed by atoms with van der Waals surface area (Å²) in [7, 11) is 0. The minimum atomic E-state index is 0.121. The number of hydrogen-bond donors (Lipinski definition) is 2. The molecule has 16 heavy (non-hydrogen) atoms. The van der Waals surface area contributed by atoms with Crippen molar-refractivity contribution < 1.29 is 0 Å². The summed E-state index contributed by atoms with van der Waals surface area (Å²) < 4.78 is 1.12. The van der Waals surface area contributed by atoms with Gasteiger partial charge in [-0.25, -0.2) is 0 Å². The topological polar surface area (TPSA) is 38.0 Å². The Morgan fingerprint density at radius 2 is 2.19 bits per heavy atom. The number of rotatable bonds is 3. The smallest absolute Gasteiger partial charge is 0.0501 e. The van der Waals surface area contributed by atoms with Crippen molar-refractivity contribution in [1.82, 2.24) is 0 Å². The van der Waals surface area contributed by atoms with E-state index in [-0.39, 0.29) is 5.54 Å². The van der Waals surface area contributed by atoms with Crippen LogP contribution in [0.15, 0.2) is 22.7 Å². The van der Waals surface area contributed by atoms with Crippen molar-refractivity contribution in [3.05, 3.63) is 28.2 Å². The van der Waals surface area contributed by atoms with Crippen LogP contribution in [0.4, 0.5) is 5.69 Å². The molecule has 0 unspecified atom stereocenters. The van der Waals surface area contributed by atoms with Crippen LogP contribution in [0.25, 0.3) is 0 Å². The Morgan fingerprint density at radius 3 is 2.75 bits per heavy atom. The van der Waals surface area contributed by atoms with Crippen LogP contribution in [0.1, 0.15) is 25.3 Å². The van der Waals surface area contributed by atoms with E-state index in [1.807, 2.05) is 0 Å². The molecule has 1 aromatic rings. The molecule has 1 aliphatic rings. The summed E-state index contributed by atoms with van der Waals surface area (Å²) in [5, 5.41) is 3.61. The first-order valence-corrected chi connectivity index (χ1v) is 6.58. The van der Waals surface area contributed by atoms with E-state index in [0.29, 0.717) is 6.54 Å². The van der Waals surface area contributed by atoms with E-state index < -0.39 is 0 Å². The van der Waals surface area contributed by atoms with Crippen molar-refractivity contribution in [1.29, 1.82) is 0 Å². The van der Waals surface area contributed by atoms with Crippen molar-refractivity contribution in [3.8, 4) is 0 Å². The molecule has 2 rings (SSSR count). The molecule has 0 atom stereocenters. The fraction of sp³-hybridized carbons (Fsp3) is 0.538. The van der Waals surface area contributed by atoms with Gasteiger partial charge in [0.25, 0.3) is 0 Å². The van der Waals surface area contributed by atoms with E-state index in [1.165, 1.54) is 18.4 Å². The van der Waals surface area contributed by atoms with E-state index in [1.54, 1.807) is 0 Å². The summed E-state index contributed by atoms with van der Waals surface area (Å²) in [5.74, 6) is 0.791. The summed E-state index contributed by atoms with van der Waals surface area (Å²) in [6.07, 6.45) is 2.34. The van der Waals surface area contributed by atoms with E-state index in [4.69, 9.17) is 5.73 Å². The molecule has 3 N–H and O–H groups in total. The number of hydrogen-bond acceptors (Lipinski definition) is 2. The average Bonchev–Trinajstić information content (AvgIpc) is 2.20. The van der Waals surface area contributed by atoms with Gasteiger partial charge in [-0.05, 0) is 59.3 Å². The molecule has 0 heterocycles. The fourth-order valence-corrected chi connectivity index (χ4v) is 2.96. The molecule has 0 amide bonds. The van der Waals surface area contributed by atoms with Crippen molar-refractivity contribution in [2.45, 2.75) is 32.2 Å². The zero-order valence-electron chi connectivity index (χ0n) is 9.89. The Morgan fingerprint density at radius 1 is 1.50 bits per heavy atom. The second-order valence-electron chi connectivity index (χ2n) is 5.11. The lowest BCUT2D eigenvalue weighted by atomic mass is 9.69. The van der Waals surface area contributed by atoms with Crippen LogP contribution < -0.4 is 11.1 Å². The highest BCUT2D eigenvalue weighted by Gasteiger charge is 2.40. The average molecular weight is 283 g/mol. The molecule has 0 aromatic heterocycles. The van der Waals surface area contributed by atoms with Crippen LogP contribution >= 0.6 is 15.9 Å². The minimum absolute atomic E-state index is 0.121. The third kappa shape index (κ3) is 2.25. The Kier molecular flexibility index (Phi) is 3.27. The monoisotopic (exact) mass is 282 g/mol. The molecule has 0 spiro atoms. The third-order valence-electron chi connectivity index (χ3n) is 3.39. The number of anilines is 1. The number of aryl methyl sites for hydroxylation is 1. The van der Waals surface area contributed by atoms with E-state index in [2.05, 4.69) is 53.3 Å². The summed E-state index contributed by atoms with van der Waals surface area (Å²) in [6, 6.07) is 6.36. The third-order valence-corrected chi connectivity index (χ3v) is 4.08. The molecular weight excluding hydrogens is 264 g/mol. The lowest BCUT2D eigenvalue weighted by molar-refractivity contribution is 0.194. The van der Waals surface area contributed by atoms with Crippen LogP contribution in [0, 0.1) is 12.8 Å². The molecule has 2 nitrogen and oxygen atoms in total.